The molecule has 0 bridgehead atoms. The van der Waals surface area contributed by atoms with Crippen LogP contribution in [0.5, 0.6) is 0 Å². The highest BCUT2D eigenvalue weighted by Crippen LogP contribution is 2.31. The molecule has 0 aromatic rings. The fourth-order valence-electron chi connectivity index (χ4n) is 3.70. The van der Waals surface area contributed by atoms with Crippen molar-refractivity contribution in [1.29, 1.82) is 0 Å². The Labute approximate surface area is 126 Å². The Bertz CT molecular complexity index is 505. The number of sulfonamides is 1. The summed E-state index contributed by atoms with van der Waals surface area (Å²) in [5.74, 6) is 0.114. The summed E-state index contributed by atoms with van der Waals surface area (Å²) in [6.45, 7) is 0.0975. The first-order valence-corrected chi connectivity index (χ1v) is 9.52. The standard InChI is InChI=1S/C14H24N2O4S/c17-9-10-5-1-2-6-11(10)15-14-16-21(18,19)13-8-4-3-7-12(13)20-14/h10-13,17H,1-9H2,(H,15,16). The van der Waals surface area contributed by atoms with Gasteiger partial charge in [-0.1, -0.05) is 19.3 Å². The van der Waals surface area contributed by atoms with E-state index in [9.17, 15) is 13.5 Å². The summed E-state index contributed by atoms with van der Waals surface area (Å²) in [6.07, 6.45) is 7.11. The predicted octanol–water partition coefficient (Wildman–Crippen LogP) is 1.15. The van der Waals surface area contributed by atoms with Crippen molar-refractivity contribution in [3.63, 3.8) is 0 Å². The Balaban J connectivity index is 1.77. The summed E-state index contributed by atoms with van der Waals surface area (Å²) < 4.78 is 32.9. The van der Waals surface area contributed by atoms with Crippen LogP contribution in [0.1, 0.15) is 51.4 Å². The lowest BCUT2D eigenvalue weighted by molar-refractivity contribution is 0.126. The van der Waals surface area contributed by atoms with E-state index in [0.717, 1.165) is 44.9 Å². The minimum Gasteiger partial charge on any atom is -0.460 e. The molecule has 21 heavy (non-hydrogen) atoms. The quantitative estimate of drug-likeness (QED) is 0.800. The van der Waals surface area contributed by atoms with Gasteiger partial charge < -0.3 is 9.84 Å². The average Bonchev–Trinajstić information content (AvgIpc) is 2.47. The molecule has 1 aliphatic heterocycles. The minimum absolute atomic E-state index is 0.0402. The third-order valence-electron chi connectivity index (χ3n) is 4.92. The van der Waals surface area contributed by atoms with Crippen LogP contribution in [0.15, 0.2) is 4.99 Å². The number of nitrogens with zero attached hydrogens (tertiary/aromatic N) is 1. The highest BCUT2D eigenvalue weighted by Gasteiger charge is 2.43. The van der Waals surface area contributed by atoms with Gasteiger partial charge in [0.2, 0.25) is 10.0 Å². The monoisotopic (exact) mass is 316 g/mol. The molecule has 3 rings (SSSR count). The second-order valence-electron chi connectivity index (χ2n) is 6.35. The van der Waals surface area contributed by atoms with Gasteiger partial charge in [-0.3, -0.25) is 0 Å². The molecular weight excluding hydrogens is 292 g/mol. The lowest BCUT2D eigenvalue weighted by atomic mass is 9.85. The smallest absolute Gasteiger partial charge is 0.299 e. The molecule has 0 aromatic carbocycles. The van der Waals surface area contributed by atoms with E-state index in [-0.39, 0.29) is 30.7 Å². The third-order valence-corrected chi connectivity index (χ3v) is 6.72. The van der Waals surface area contributed by atoms with Crippen molar-refractivity contribution >= 4 is 16.0 Å². The summed E-state index contributed by atoms with van der Waals surface area (Å²) in [4.78, 5) is 4.48. The second kappa shape index (κ2) is 6.12. The lowest BCUT2D eigenvalue weighted by Gasteiger charge is -2.37. The SMILES string of the molecule is O=S1(=O)NC(=NC2CCCCC2CO)OC2CCCCC21. The van der Waals surface area contributed by atoms with E-state index in [0.29, 0.717) is 6.42 Å². The number of ether oxygens (including phenoxy) is 1. The van der Waals surface area contributed by atoms with Gasteiger partial charge in [0.25, 0.3) is 6.02 Å². The van der Waals surface area contributed by atoms with Gasteiger partial charge in [-0.05, 0) is 32.1 Å². The Morgan fingerprint density at radius 1 is 1.14 bits per heavy atom. The number of nitrogens with one attached hydrogen (secondary N) is 1. The Morgan fingerprint density at radius 2 is 1.86 bits per heavy atom. The lowest BCUT2D eigenvalue weighted by Crippen LogP contribution is -2.54. The highest BCUT2D eigenvalue weighted by molar-refractivity contribution is 7.90. The number of aliphatic hydroxyl groups excluding tert-OH is 1. The van der Waals surface area contributed by atoms with Gasteiger partial charge in [0.05, 0.1) is 6.04 Å². The minimum atomic E-state index is -3.38. The molecule has 3 fully saturated rings. The van der Waals surface area contributed by atoms with E-state index in [1.165, 1.54) is 0 Å². The van der Waals surface area contributed by atoms with Gasteiger partial charge in [-0.15, -0.1) is 0 Å². The third kappa shape index (κ3) is 3.18. The largest absolute Gasteiger partial charge is 0.460 e. The topological polar surface area (TPSA) is 88.0 Å². The Kier molecular flexibility index (Phi) is 4.40. The van der Waals surface area contributed by atoms with E-state index < -0.39 is 15.3 Å². The number of aliphatic imine (C=N–C) groups is 1. The van der Waals surface area contributed by atoms with Gasteiger partial charge in [-0.25, -0.2) is 18.1 Å². The molecule has 2 saturated carbocycles. The van der Waals surface area contributed by atoms with Crippen molar-refractivity contribution in [3.05, 3.63) is 0 Å². The molecule has 0 amide bonds. The summed E-state index contributed by atoms with van der Waals surface area (Å²) in [6, 6.07) is 0.102. The first-order chi connectivity index (χ1) is 10.1. The molecule has 1 heterocycles. The number of aliphatic hydroxyl groups is 1. The zero-order valence-corrected chi connectivity index (χ0v) is 13.0. The van der Waals surface area contributed by atoms with E-state index in [2.05, 4.69) is 9.71 Å². The van der Waals surface area contributed by atoms with E-state index in [1.54, 1.807) is 0 Å². The fourth-order valence-corrected chi connectivity index (χ4v) is 5.26. The van der Waals surface area contributed by atoms with Gasteiger partial charge in [0, 0.05) is 12.5 Å². The second-order valence-corrected chi connectivity index (χ2v) is 8.25. The van der Waals surface area contributed by atoms with Crippen molar-refractivity contribution in [2.45, 2.75) is 68.8 Å². The van der Waals surface area contributed by atoms with Crippen LogP contribution in [0.2, 0.25) is 0 Å². The number of rotatable bonds is 2. The molecular formula is C14H24N2O4S. The van der Waals surface area contributed by atoms with Crippen LogP contribution < -0.4 is 4.72 Å². The van der Waals surface area contributed by atoms with Crippen LogP contribution >= 0.6 is 0 Å². The van der Waals surface area contributed by atoms with Crippen molar-refractivity contribution in [3.8, 4) is 0 Å². The van der Waals surface area contributed by atoms with Crippen LogP contribution in [0.4, 0.5) is 0 Å². The van der Waals surface area contributed by atoms with Gasteiger partial charge in [0.15, 0.2) is 0 Å². The molecule has 1 saturated heterocycles. The van der Waals surface area contributed by atoms with Crippen molar-refractivity contribution < 1.29 is 18.3 Å². The summed E-state index contributed by atoms with van der Waals surface area (Å²) in [5, 5.41) is 8.99. The molecule has 2 aliphatic carbocycles. The summed E-state index contributed by atoms with van der Waals surface area (Å²) in [5.41, 5.74) is 0. The number of amidine groups is 1. The van der Waals surface area contributed by atoms with E-state index in [1.807, 2.05) is 0 Å². The van der Waals surface area contributed by atoms with E-state index in [4.69, 9.17) is 4.74 Å². The molecule has 0 radical (unpaired) electrons. The first kappa shape index (κ1) is 15.1. The normalized spacial score (nSPS) is 40.9. The summed E-state index contributed by atoms with van der Waals surface area (Å²) in [7, 11) is -3.38. The average molecular weight is 316 g/mol. The van der Waals surface area contributed by atoms with Crippen LogP contribution in [-0.4, -0.2) is 43.5 Å². The molecule has 4 unspecified atom stereocenters. The van der Waals surface area contributed by atoms with Gasteiger partial charge in [0.1, 0.15) is 11.4 Å². The molecule has 2 N–H and O–H groups in total. The molecule has 0 spiro atoms. The Morgan fingerprint density at radius 3 is 2.67 bits per heavy atom. The molecule has 0 aromatic heterocycles. The molecule has 6 nitrogen and oxygen atoms in total. The maximum Gasteiger partial charge on any atom is 0.299 e. The summed E-state index contributed by atoms with van der Waals surface area (Å²) >= 11 is 0. The maximum atomic E-state index is 12.3. The first-order valence-electron chi connectivity index (χ1n) is 7.97. The highest BCUT2D eigenvalue weighted by atomic mass is 32.2. The van der Waals surface area contributed by atoms with Crippen molar-refractivity contribution in [2.24, 2.45) is 10.9 Å². The fraction of sp³-hybridized carbons (Fsp3) is 0.929. The maximum absolute atomic E-state index is 12.3. The van der Waals surface area contributed by atoms with Crippen molar-refractivity contribution in [2.75, 3.05) is 6.61 Å². The number of fused-ring (bicyclic) bond motifs is 1. The molecule has 120 valence electrons. The molecule has 3 aliphatic rings. The van der Waals surface area contributed by atoms with Crippen molar-refractivity contribution in [1.82, 2.24) is 4.72 Å². The zero-order valence-electron chi connectivity index (χ0n) is 12.2. The molecule has 7 heteroatoms. The van der Waals surface area contributed by atoms with Gasteiger partial charge in [-0.2, -0.15) is 0 Å². The van der Waals surface area contributed by atoms with E-state index >= 15 is 0 Å². The van der Waals surface area contributed by atoms with Crippen LogP contribution in [0, 0.1) is 5.92 Å². The van der Waals surface area contributed by atoms with Crippen LogP contribution in [0.25, 0.3) is 0 Å². The van der Waals surface area contributed by atoms with Gasteiger partial charge >= 0.3 is 0 Å². The Hall–Kier alpha value is -0.820. The predicted molar refractivity (Wildman–Crippen MR) is 79.5 cm³/mol. The van der Waals surface area contributed by atoms with Crippen LogP contribution in [-0.2, 0) is 14.8 Å². The zero-order chi connectivity index (χ0) is 14.9. The number of hydrogen-bond acceptors (Lipinski definition) is 5. The number of hydrogen-bond donors (Lipinski definition) is 2. The van der Waals surface area contributed by atoms with Crippen LogP contribution in [0.3, 0.4) is 0 Å². The molecule has 4 atom stereocenters.